The number of rotatable bonds is 1. The molecule has 0 saturated carbocycles. The van der Waals surface area contributed by atoms with Crippen LogP contribution in [0.1, 0.15) is 5.56 Å². The SMILES string of the molecule is N#Cc1ccc(-c2cc(F)c(S)c(F)c2)cc1. The lowest BCUT2D eigenvalue weighted by molar-refractivity contribution is 0.542. The first kappa shape index (κ1) is 11.6. The number of nitrogens with zero attached hydrogens (tertiary/aromatic N) is 1. The topological polar surface area (TPSA) is 23.8 Å². The van der Waals surface area contributed by atoms with Crippen LogP contribution in [0.2, 0.25) is 0 Å². The summed E-state index contributed by atoms with van der Waals surface area (Å²) >= 11 is 3.71. The smallest absolute Gasteiger partial charge is 0.140 e. The number of benzene rings is 2. The monoisotopic (exact) mass is 247 g/mol. The van der Waals surface area contributed by atoms with E-state index in [0.29, 0.717) is 16.7 Å². The van der Waals surface area contributed by atoms with Gasteiger partial charge in [-0.3, -0.25) is 0 Å². The summed E-state index contributed by atoms with van der Waals surface area (Å²) in [6.45, 7) is 0. The third-order valence-corrected chi connectivity index (χ3v) is 2.79. The fourth-order valence-electron chi connectivity index (χ4n) is 1.47. The Morgan fingerprint density at radius 1 is 0.941 bits per heavy atom. The highest BCUT2D eigenvalue weighted by Gasteiger charge is 2.08. The first-order chi connectivity index (χ1) is 8.11. The van der Waals surface area contributed by atoms with Crippen molar-refractivity contribution in [1.82, 2.24) is 0 Å². The van der Waals surface area contributed by atoms with Crippen LogP contribution in [0.5, 0.6) is 0 Å². The molecule has 0 heterocycles. The van der Waals surface area contributed by atoms with Gasteiger partial charge in [0.15, 0.2) is 0 Å². The summed E-state index contributed by atoms with van der Waals surface area (Å²) in [5.74, 6) is -1.40. The molecule has 2 aromatic carbocycles. The Morgan fingerprint density at radius 3 is 1.94 bits per heavy atom. The summed E-state index contributed by atoms with van der Waals surface area (Å²) in [4.78, 5) is -0.289. The Balaban J connectivity index is 2.50. The average molecular weight is 247 g/mol. The average Bonchev–Trinajstić information content (AvgIpc) is 2.35. The summed E-state index contributed by atoms with van der Waals surface area (Å²) in [6.07, 6.45) is 0. The van der Waals surface area contributed by atoms with E-state index in [1.54, 1.807) is 24.3 Å². The van der Waals surface area contributed by atoms with Gasteiger partial charge >= 0.3 is 0 Å². The van der Waals surface area contributed by atoms with Crippen molar-refractivity contribution in [3.05, 3.63) is 53.6 Å². The molecular weight excluding hydrogens is 240 g/mol. The maximum absolute atomic E-state index is 13.3. The molecule has 0 aromatic heterocycles. The summed E-state index contributed by atoms with van der Waals surface area (Å²) < 4.78 is 26.6. The minimum Gasteiger partial charge on any atom is -0.206 e. The zero-order chi connectivity index (χ0) is 12.4. The second-order valence-electron chi connectivity index (χ2n) is 3.48. The van der Waals surface area contributed by atoms with Crippen molar-refractivity contribution in [2.24, 2.45) is 0 Å². The molecule has 0 fully saturated rings. The largest absolute Gasteiger partial charge is 0.206 e. The molecule has 0 radical (unpaired) electrons. The van der Waals surface area contributed by atoms with Gasteiger partial charge in [0.25, 0.3) is 0 Å². The van der Waals surface area contributed by atoms with E-state index in [0.717, 1.165) is 0 Å². The van der Waals surface area contributed by atoms with Gasteiger partial charge in [-0.25, -0.2) is 8.78 Å². The molecule has 0 unspecified atom stereocenters. The van der Waals surface area contributed by atoms with Gasteiger partial charge in [-0.1, -0.05) is 12.1 Å². The van der Waals surface area contributed by atoms with Crippen LogP contribution in [0.3, 0.4) is 0 Å². The minimum atomic E-state index is -0.701. The van der Waals surface area contributed by atoms with Gasteiger partial charge in [0.2, 0.25) is 0 Å². The van der Waals surface area contributed by atoms with Crippen LogP contribution >= 0.6 is 12.6 Å². The van der Waals surface area contributed by atoms with Gasteiger partial charge < -0.3 is 0 Å². The van der Waals surface area contributed by atoms with E-state index >= 15 is 0 Å². The highest BCUT2D eigenvalue weighted by molar-refractivity contribution is 7.80. The standard InChI is InChI=1S/C13H7F2NS/c14-11-5-10(6-12(15)13(11)17)9-3-1-8(7-16)2-4-9/h1-6,17H. The van der Waals surface area contributed by atoms with Crippen molar-refractivity contribution in [1.29, 1.82) is 5.26 Å². The molecule has 0 amide bonds. The van der Waals surface area contributed by atoms with Crippen LogP contribution in [0.4, 0.5) is 8.78 Å². The van der Waals surface area contributed by atoms with Crippen molar-refractivity contribution >= 4 is 12.6 Å². The second kappa shape index (κ2) is 4.56. The summed E-state index contributed by atoms with van der Waals surface area (Å²) in [7, 11) is 0. The molecule has 0 N–H and O–H groups in total. The van der Waals surface area contributed by atoms with Crippen LogP contribution in [0.15, 0.2) is 41.3 Å². The summed E-state index contributed by atoms with van der Waals surface area (Å²) in [5.41, 5.74) is 1.57. The van der Waals surface area contributed by atoms with Gasteiger partial charge in [-0.2, -0.15) is 5.26 Å². The van der Waals surface area contributed by atoms with Crippen LogP contribution in [0, 0.1) is 23.0 Å². The fraction of sp³-hybridized carbons (Fsp3) is 0. The predicted octanol–water partition coefficient (Wildman–Crippen LogP) is 3.79. The molecule has 2 rings (SSSR count). The molecule has 2 aromatic rings. The highest BCUT2D eigenvalue weighted by Crippen LogP contribution is 2.26. The molecule has 1 nitrogen and oxygen atoms in total. The fourth-order valence-corrected chi connectivity index (χ4v) is 1.60. The Morgan fingerprint density at radius 2 is 1.47 bits per heavy atom. The second-order valence-corrected chi connectivity index (χ2v) is 3.92. The van der Waals surface area contributed by atoms with Gasteiger partial charge in [0.05, 0.1) is 16.5 Å². The van der Waals surface area contributed by atoms with E-state index < -0.39 is 11.6 Å². The molecule has 0 aliphatic carbocycles. The lowest BCUT2D eigenvalue weighted by atomic mass is 10.0. The summed E-state index contributed by atoms with van der Waals surface area (Å²) in [5, 5.41) is 8.64. The molecule has 0 atom stereocenters. The van der Waals surface area contributed by atoms with Gasteiger partial charge in [-0.15, -0.1) is 12.6 Å². The minimum absolute atomic E-state index is 0.289. The summed E-state index contributed by atoms with van der Waals surface area (Å²) in [6, 6.07) is 10.9. The Labute approximate surface area is 103 Å². The van der Waals surface area contributed by atoms with Crippen molar-refractivity contribution in [3.63, 3.8) is 0 Å². The maximum atomic E-state index is 13.3. The van der Waals surface area contributed by atoms with E-state index in [-0.39, 0.29) is 4.90 Å². The molecule has 0 bridgehead atoms. The van der Waals surface area contributed by atoms with E-state index in [4.69, 9.17) is 5.26 Å². The Kier molecular flexibility index (Phi) is 3.12. The van der Waals surface area contributed by atoms with Crippen LogP contribution in [-0.4, -0.2) is 0 Å². The zero-order valence-electron chi connectivity index (χ0n) is 8.61. The van der Waals surface area contributed by atoms with Crippen molar-refractivity contribution in [3.8, 4) is 17.2 Å². The number of halogens is 2. The number of hydrogen-bond acceptors (Lipinski definition) is 2. The Bertz CT molecular complexity index is 577. The maximum Gasteiger partial charge on any atom is 0.140 e. The predicted molar refractivity (Wildman–Crippen MR) is 63.8 cm³/mol. The third-order valence-electron chi connectivity index (χ3n) is 2.36. The number of thiol groups is 1. The highest BCUT2D eigenvalue weighted by atomic mass is 32.1. The Hall–Kier alpha value is -1.86. The first-order valence-electron chi connectivity index (χ1n) is 4.80. The molecule has 0 spiro atoms. The molecular formula is C13H7F2NS. The van der Waals surface area contributed by atoms with E-state index in [1.165, 1.54) is 12.1 Å². The molecule has 17 heavy (non-hydrogen) atoms. The van der Waals surface area contributed by atoms with E-state index in [1.807, 2.05) is 6.07 Å². The molecule has 0 aliphatic heterocycles. The van der Waals surface area contributed by atoms with Gasteiger partial charge in [-0.05, 0) is 35.4 Å². The van der Waals surface area contributed by atoms with Crippen LogP contribution in [0.25, 0.3) is 11.1 Å². The van der Waals surface area contributed by atoms with E-state index in [9.17, 15) is 8.78 Å². The number of nitriles is 1. The van der Waals surface area contributed by atoms with E-state index in [2.05, 4.69) is 12.6 Å². The third kappa shape index (κ3) is 2.29. The first-order valence-corrected chi connectivity index (χ1v) is 5.25. The molecule has 0 aliphatic rings. The van der Waals surface area contributed by atoms with Crippen LogP contribution in [-0.2, 0) is 0 Å². The zero-order valence-corrected chi connectivity index (χ0v) is 9.51. The molecule has 4 heteroatoms. The lowest BCUT2D eigenvalue weighted by Crippen LogP contribution is -1.88. The number of hydrogen-bond donors (Lipinski definition) is 1. The van der Waals surface area contributed by atoms with Crippen molar-refractivity contribution in [2.45, 2.75) is 4.90 Å². The van der Waals surface area contributed by atoms with Crippen LogP contribution < -0.4 is 0 Å². The quantitative estimate of drug-likeness (QED) is 0.761. The van der Waals surface area contributed by atoms with Gasteiger partial charge in [0.1, 0.15) is 11.6 Å². The van der Waals surface area contributed by atoms with Crippen molar-refractivity contribution in [2.75, 3.05) is 0 Å². The van der Waals surface area contributed by atoms with Gasteiger partial charge in [0, 0.05) is 0 Å². The van der Waals surface area contributed by atoms with Crippen molar-refractivity contribution < 1.29 is 8.78 Å². The molecule has 84 valence electrons. The normalized spacial score (nSPS) is 10.0. The lowest BCUT2D eigenvalue weighted by Gasteiger charge is -2.04. The molecule has 0 saturated heterocycles.